The predicted octanol–water partition coefficient (Wildman–Crippen LogP) is 2.68. The van der Waals surface area contributed by atoms with Crippen LogP contribution in [0.4, 0.5) is 11.5 Å². The van der Waals surface area contributed by atoms with E-state index in [9.17, 15) is 10.1 Å². The molecule has 0 atom stereocenters. The molecule has 3 heterocycles. The number of nitro groups is 1. The van der Waals surface area contributed by atoms with Crippen molar-refractivity contribution in [1.29, 1.82) is 0 Å². The lowest BCUT2D eigenvalue weighted by molar-refractivity contribution is -0.384. The summed E-state index contributed by atoms with van der Waals surface area (Å²) in [5.41, 5.74) is 2.38. The van der Waals surface area contributed by atoms with Crippen LogP contribution in [-0.2, 0) is 0 Å². The molecule has 8 nitrogen and oxygen atoms in total. The number of non-ortho nitro benzene ring substituents is 1. The van der Waals surface area contributed by atoms with Crippen LogP contribution in [0.1, 0.15) is 6.92 Å². The first-order chi connectivity index (χ1) is 12.7. The van der Waals surface area contributed by atoms with E-state index in [1.807, 2.05) is 12.1 Å². The summed E-state index contributed by atoms with van der Waals surface area (Å²) in [5.74, 6) is 0.915. The van der Waals surface area contributed by atoms with Crippen LogP contribution >= 0.6 is 0 Å². The molecule has 1 fully saturated rings. The van der Waals surface area contributed by atoms with Gasteiger partial charge < -0.3 is 14.8 Å². The van der Waals surface area contributed by atoms with Gasteiger partial charge in [-0.05, 0) is 12.6 Å². The number of rotatable bonds is 4. The van der Waals surface area contributed by atoms with Crippen LogP contribution in [0.3, 0.4) is 0 Å². The maximum absolute atomic E-state index is 11.0. The van der Waals surface area contributed by atoms with E-state index in [1.165, 1.54) is 6.07 Å². The molecule has 8 heteroatoms. The van der Waals surface area contributed by atoms with E-state index in [-0.39, 0.29) is 10.6 Å². The summed E-state index contributed by atoms with van der Waals surface area (Å²) in [6.07, 6.45) is 1.57. The summed E-state index contributed by atoms with van der Waals surface area (Å²) in [4.78, 5) is 27.4. The second-order valence-electron chi connectivity index (χ2n) is 6.37. The number of nitrogens with zero attached hydrogens (tertiary/aromatic N) is 5. The Kier molecular flexibility index (Phi) is 4.26. The lowest BCUT2D eigenvalue weighted by atomic mass is 10.1. The van der Waals surface area contributed by atoms with Crippen molar-refractivity contribution in [2.45, 2.75) is 6.92 Å². The van der Waals surface area contributed by atoms with Gasteiger partial charge in [0.2, 0.25) is 0 Å². The molecule has 1 aromatic carbocycles. The van der Waals surface area contributed by atoms with Crippen LogP contribution in [0, 0.1) is 10.1 Å². The number of likely N-dealkylation sites (N-methyl/N-ethyl adjacent to an activating group) is 1. The number of benzene rings is 1. The van der Waals surface area contributed by atoms with E-state index in [0.29, 0.717) is 0 Å². The van der Waals surface area contributed by atoms with Gasteiger partial charge in [-0.1, -0.05) is 19.1 Å². The molecule has 0 aliphatic carbocycles. The maximum atomic E-state index is 11.0. The molecule has 3 aromatic rings. The van der Waals surface area contributed by atoms with Gasteiger partial charge in [0.15, 0.2) is 0 Å². The molecule has 0 saturated carbocycles. The number of aromatic nitrogens is 3. The lowest BCUT2D eigenvalue weighted by Crippen LogP contribution is -2.46. The summed E-state index contributed by atoms with van der Waals surface area (Å²) in [5, 5.41) is 12.0. The Hall–Kier alpha value is -3.00. The van der Waals surface area contributed by atoms with Crippen molar-refractivity contribution in [3.8, 4) is 11.3 Å². The first-order valence-corrected chi connectivity index (χ1v) is 8.71. The molecule has 0 bridgehead atoms. The number of fused-ring (bicyclic) bond motifs is 1. The normalized spacial score (nSPS) is 15.5. The summed E-state index contributed by atoms with van der Waals surface area (Å²) < 4.78 is 0. The Morgan fingerprint density at radius 1 is 1.19 bits per heavy atom. The molecule has 0 spiro atoms. The number of hydrogen-bond donors (Lipinski definition) is 1. The maximum Gasteiger partial charge on any atom is 0.270 e. The van der Waals surface area contributed by atoms with Gasteiger partial charge in [-0.25, -0.2) is 9.97 Å². The monoisotopic (exact) mass is 352 g/mol. The van der Waals surface area contributed by atoms with Crippen molar-refractivity contribution < 1.29 is 4.92 Å². The Labute approximate surface area is 150 Å². The number of hydrogen-bond acceptors (Lipinski definition) is 6. The highest BCUT2D eigenvalue weighted by Crippen LogP contribution is 2.30. The van der Waals surface area contributed by atoms with Crippen LogP contribution in [-0.4, -0.2) is 57.5 Å². The molecule has 1 aliphatic rings. The SMILES string of the molecule is CCN1CCN(c2ncnc3[nH]c(-c4cccc([N+](=O)[O-])c4)cc23)CC1. The van der Waals surface area contributed by atoms with Crippen molar-refractivity contribution >= 4 is 22.5 Å². The van der Waals surface area contributed by atoms with Crippen LogP contribution in [0.15, 0.2) is 36.7 Å². The fourth-order valence-electron chi connectivity index (χ4n) is 3.40. The fraction of sp³-hybridized carbons (Fsp3) is 0.333. The van der Waals surface area contributed by atoms with E-state index in [4.69, 9.17) is 0 Å². The van der Waals surface area contributed by atoms with Gasteiger partial charge in [0.05, 0.1) is 10.3 Å². The highest BCUT2D eigenvalue weighted by Gasteiger charge is 2.20. The van der Waals surface area contributed by atoms with Gasteiger partial charge in [0.25, 0.3) is 5.69 Å². The van der Waals surface area contributed by atoms with Gasteiger partial charge in [-0.3, -0.25) is 10.1 Å². The summed E-state index contributed by atoms with van der Waals surface area (Å²) in [7, 11) is 0. The average Bonchev–Trinajstić information content (AvgIpc) is 3.12. The van der Waals surface area contributed by atoms with E-state index >= 15 is 0 Å². The van der Waals surface area contributed by atoms with Crippen LogP contribution < -0.4 is 4.90 Å². The third kappa shape index (κ3) is 2.99. The van der Waals surface area contributed by atoms with Gasteiger partial charge in [-0.15, -0.1) is 0 Å². The number of aromatic amines is 1. The van der Waals surface area contributed by atoms with Crippen molar-refractivity contribution in [3.05, 3.63) is 46.8 Å². The van der Waals surface area contributed by atoms with Crippen molar-refractivity contribution in [2.24, 2.45) is 0 Å². The third-order valence-electron chi connectivity index (χ3n) is 4.89. The number of H-pyrrole nitrogens is 1. The standard InChI is InChI=1S/C18H20N6O2/c1-2-22-6-8-23(9-7-22)18-15-11-16(21-17(15)19-12-20-18)13-4-3-5-14(10-13)24(25)26/h3-5,10-12H,2,6-9H2,1H3,(H,19,20,21). The molecule has 4 rings (SSSR count). The Balaban J connectivity index is 1.70. The number of nitro benzene ring substituents is 1. The predicted molar refractivity (Wildman–Crippen MR) is 100 cm³/mol. The molecule has 134 valence electrons. The Morgan fingerprint density at radius 3 is 2.73 bits per heavy atom. The third-order valence-corrected chi connectivity index (χ3v) is 4.89. The topological polar surface area (TPSA) is 91.2 Å². The first kappa shape index (κ1) is 16.5. The molecule has 0 amide bonds. The average molecular weight is 352 g/mol. The Bertz CT molecular complexity index is 946. The molecule has 0 unspecified atom stereocenters. The number of piperazine rings is 1. The van der Waals surface area contributed by atoms with Gasteiger partial charge >= 0.3 is 0 Å². The molecule has 1 N–H and O–H groups in total. The van der Waals surface area contributed by atoms with Crippen LogP contribution in [0.5, 0.6) is 0 Å². The molecule has 26 heavy (non-hydrogen) atoms. The lowest BCUT2D eigenvalue weighted by Gasteiger charge is -2.34. The highest BCUT2D eigenvalue weighted by atomic mass is 16.6. The fourth-order valence-corrected chi connectivity index (χ4v) is 3.40. The van der Waals surface area contributed by atoms with Crippen LogP contribution in [0.2, 0.25) is 0 Å². The second-order valence-corrected chi connectivity index (χ2v) is 6.37. The summed E-state index contributed by atoms with van der Waals surface area (Å²) in [6.45, 7) is 7.13. The van der Waals surface area contributed by atoms with E-state index in [1.54, 1.807) is 18.5 Å². The quantitative estimate of drug-likeness (QED) is 0.573. The Morgan fingerprint density at radius 2 is 2.00 bits per heavy atom. The minimum Gasteiger partial charge on any atom is -0.353 e. The largest absolute Gasteiger partial charge is 0.353 e. The zero-order chi connectivity index (χ0) is 18.1. The van der Waals surface area contributed by atoms with Gasteiger partial charge in [0, 0.05) is 49.6 Å². The number of nitrogens with one attached hydrogen (secondary N) is 1. The van der Waals surface area contributed by atoms with Crippen molar-refractivity contribution in [2.75, 3.05) is 37.6 Å². The first-order valence-electron chi connectivity index (χ1n) is 8.71. The smallest absolute Gasteiger partial charge is 0.270 e. The summed E-state index contributed by atoms with van der Waals surface area (Å²) >= 11 is 0. The zero-order valence-corrected chi connectivity index (χ0v) is 14.6. The molecule has 1 saturated heterocycles. The molecular formula is C18H20N6O2. The van der Waals surface area contributed by atoms with Crippen molar-refractivity contribution in [1.82, 2.24) is 19.9 Å². The number of anilines is 1. The summed E-state index contributed by atoms with van der Waals surface area (Å²) in [6, 6.07) is 8.58. The molecule has 2 aromatic heterocycles. The molecule has 0 radical (unpaired) electrons. The van der Waals surface area contributed by atoms with E-state index < -0.39 is 0 Å². The molecule has 1 aliphatic heterocycles. The van der Waals surface area contributed by atoms with Gasteiger partial charge in [-0.2, -0.15) is 0 Å². The van der Waals surface area contributed by atoms with E-state index in [0.717, 1.165) is 60.8 Å². The molecular weight excluding hydrogens is 332 g/mol. The van der Waals surface area contributed by atoms with E-state index in [2.05, 4.69) is 31.7 Å². The van der Waals surface area contributed by atoms with Crippen molar-refractivity contribution in [3.63, 3.8) is 0 Å². The van der Waals surface area contributed by atoms with Gasteiger partial charge in [0.1, 0.15) is 17.8 Å². The minimum atomic E-state index is -0.384. The second kappa shape index (κ2) is 6.72. The minimum absolute atomic E-state index is 0.0724. The zero-order valence-electron chi connectivity index (χ0n) is 14.6. The van der Waals surface area contributed by atoms with Crippen LogP contribution in [0.25, 0.3) is 22.3 Å². The highest BCUT2D eigenvalue weighted by molar-refractivity contribution is 5.92.